The van der Waals surface area contributed by atoms with E-state index in [1.165, 1.54) is 6.39 Å². The van der Waals surface area contributed by atoms with Crippen LogP contribution in [-0.4, -0.2) is 19.7 Å². The van der Waals surface area contributed by atoms with E-state index in [-0.39, 0.29) is 0 Å². The number of aryl methyl sites for hydroxylation is 2. The van der Waals surface area contributed by atoms with Gasteiger partial charge in [0.15, 0.2) is 5.82 Å². The van der Waals surface area contributed by atoms with Gasteiger partial charge >= 0.3 is 0 Å². The number of nitrogens with zero attached hydrogens (tertiary/aromatic N) is 4. The molecule has 0 bridgehead atoms. The van der Waals surface area contributed by atoms with E-state index in [0.29, 0.717) is 29.7 Å². The molecule has 2 aromatic heterocycles. The molecule has 1 aromatic carbocycles. The lowest BCUT2D eigenvalue weighted by Crippen LogP contribution is -2.05. The van der Waals surface area contributed by atoms with Crippen LogP contribution in [0.3, 0.4) is 0 Å². The molecule has 7 heteroatoms. The molecule has 0 atom stereocenters. The van der Waals surface area contributed by atoms with Gasteiger partial charge in [-0.2, -0.15) is 4.98 Å². The van der Waals surface area contributed by atoms with Crippen LogP contribution in [-0.2, 0) is 18.8 Å². The van der Waals surface area contributed by atoms with Gasteiger partial charge < -0.3 is 9.09 Å². The Bertz CT molecular complexity index is 693. The number of aromatic nitrogens is 4. The van der Waals surface area contributed by atoms with Crippen LogP contribution >= 0.6 is 23.2 Å². The highest BCUT2D eigenvalue weighted by molar-refractivity contribution is 6.31. The summed E-state index contributed by atoms with van der Waals surface area (Å²) in [6.07, 6.45) is 1.98. The molecule has 0 fully saturated rings. The molecule has 2 heterocycles. The first kappa shape index (κ1) is 12.4. The molecule has 0 saturated carbocycles. The third-order valence-electron chi connectivity index (χ3n) is 2.87. The number of hydrogen-bond donors (Lipinski definition) is 0. The lowest BCUT2D eigenvalue weighted by atomic mass is 10.3. The number of imidazole rings is 1. The second kappa shape index (κ2) is 5.19. The fraction of sp³-hybridized carbons (Fsp3) is 0.250. The first-order valence-electron chi connectivity index (χ1n) is 5.74. The monoisotopic (exact) mass is 296 g/mol. The third-order valence-corrected chi connectivity index (χ3v) is 3.35. The summed E-state index contributed by atoms with van der Waals surface area (Å²) >= 11 is 11.9. The topological polar surface area (TPSA) is 56.7 Å². The maximum Gasteiger partial charge on any atom is 0.213 e. The van der Waals surface area contributed by atoms with Gasteiger partial charge in [0, 0.05) is 18.0 Å². The SMILES string of the molecule is ClCc1nc2cc(Cl)ccc2n1CCc1ncon1. The molecular weight excluding hydrogens is 287 g/mol. The summed E-state index contributed by atoms with van der Waals surface area (Å²) in [7, 11) is 0. The Morgan fingerprint density at radius 2 is 2.21 bits per heavy atom. The number of rotatable bonds is 4. The Hall–Kier alpha value is -1.59. The zero-order valence-corrected chi connectivity index (χ0v) is 11.4. The molecular formula is C12H10Cl2N4O. The Balaban J connectivity index is 1.96. The van der Waals surface area contributed by atoms with Crippen LogP contribution in [0.4, 0.5) is 0 Å². The van der Waals surface area contributed by atoms with Crippen molar-refractivity contribution in [1.82, 2.24) is 19.7 Å². The Morgan fingerprint density at radius 3 is 2.95 bits per heavy atom. The molecule has 98 valence electrons. The second-order valence-corrected chi connectivity index (χ2v) is 4.75. The van der Waals surface area contributed by atoms with Gasteiger partial charge in [-0.3, -0.25) is 0 Å². The molecule has 0 radical (unpaired) electrons. The highest BCUT2D eigenvalue weighted by Gasteiger charge is 2.11. The molecule has 0 spiro atoms. The molecule has 0 aliphatic heterocycles. The van der Waals surface area contributed by atoms with Gasteiger partial charge in [0.25, 0.3) is 0 Å². The molecule has 3 rings (SSSR count). The highest BCUT2D eigenvalue weighted by Crippen LogP contribution is 2.21. The minimum atomic E-state index is 0.346. The largest absolute Gasteiger partial charge is 0.343 e. The predicted molar refractivity (Wildman–Crippen MR) is 72.3 cm³/mol. The molecule has 0 N–H and O–H groups in total. The van der Waals surface area contributed by atoms with Gasteiger partial charge in [-0.15, -0.1) is 11.6 Å². The molecule has 3 aromatic rings. The number of alkyl halides is 1. The summed E-state index contributed by atoms with van der Waals surface area (Å²) in [6.45, 7) is 0.694. The summed E-state index contributed by atoms with van der Waals surface area (Å²) in [5, 5.41) is 4.45. The minimum absolute atomic E-state index is 0.346. The van der Waals surface area contributed by atoms with E-state index in [1.54, 1.807) is 0 Å². The molecule has 0 amide bonds. The van der Waals surface area contributed by atoms with Crippen LogP contribution in [0.5, 0.6) is 0 Å². The van der Waals surface area contributed by atoms with Crippen LogP contribution in [0.2, 0.25) is 5.02 Å². The van der Waals surface area contributed by atoms with Crippen molar-refractivity contribution in [2.75, 3.05) is 0 Å². The number of halogens is 2. The summed E-state index contributed by atoms with van der Waals surface area (Å²) in [5.74, 6) is 1.82. The van der Waals surface area contributed by atoms with Crippen LogP contribution in [0.25, 0.3) is 11.0 Å². The van der Waals surface area contributed by atoms with Crippen LogP contribution in [0.15, 0.2) is 29.1 Å². The van der Waals surface area contributed by atoms with E-state index in [4.69, 9.17) is 27.7 Å². The smallest absolute Gasteiger partial charge is 0.213 e. The van der Waals surface area contributed by atoms with Crippen molar-refractivity contribution < 1.29 is 4.52 Å². The van der Waals surface area contributed by atoms with E-state index >= 15 is 0 Å². The molecule has 0 unspecified atom stereocenters. The first-order chi connectivity index (χ1) is 9.28. The van der Waals surface area contributed by atoms with Gasteiger partial charge in [-0.25, -0.2) is 4.98 Å². The predicted octanol–water partition coefficient (Wildman–Crippen LogP) is 3.05. The number of benzene rings is 1. The van der Waals surface area contributed by atoms with Gasteiger partial charge in [0.05, 0.1) is 16.9 Å². The number of fused-ring (bicyclic) bond motifs is 1. The van der Waals surface area contributed by atoms with Crippen molar-refractivity contribution in [2.45, 2.75) is 18.8 Å². The maximum absolute atomic E-state index is 5.97. The fourth-order valence-corrected chi connectivity index (χ4v) is 2.39. The molecule has 0 aliphatic carbocycles. The summed E-state index contributed by atoms with van der Waals surface area (Å²) in [5.41, 5.74) is 1.85. The molecule has 5 nitrogen and oxygen atoms in total. The number of hydrogen-bond acceptors (Lipinski definition) is 4. The van der Waals surface area contributed by atoms with E-state index in [2.05, 4.69) is 19.7 Å². The van der Waals surface area contributed by atoms with E-state index in [9.17, 15) is 0 Å². The highest BCUT2D eigenvalue weighted by atomic mass is 35.5. The zero-order valence-electron chi connectivity index (χ0n) is 9.88. The average Bonchev–Trinajstić information content (AvgIpc) is 3.02. The van der Waals surface area contributed by atoms with Crippen molar-refractivity contribution >= 4 is 34.2 Å². The summed E-state index contributed by atoms with van der Waals surface area (Å²) in [6, 6.07) is 5.61. The van der Waals surface area contributed by atoms with Crippen molar-refractivity contribution in [3.05, 3.63) is 41.3 Å². The lowest BCUT2D eigenvalue weighted by Gasteiger charge is -2.05. The van der Waals surface area contributed by atoms with Gasteiger partial charge in [-0.05, 0) is 18.2 Å². The third kappa shape index (κ3) is 2.43. The van der Waals surface area contributed by atoms with Gasteiger partial charge in [0.1, 0.15) is 5.82 Å². The maximum atomic E-state index is 5.97. The minimum Gasteiger partial charge on any atom is -0.343 e. The van der Waals surface area contributed by atoms with Crippen molar-refractivity contribution in [1.29, 1.82) is 0 Å². The Kier molecular flexibility index (Phi) is 3.40. The molecule has 0 saturated heterocycles. The van der Waals surface area contributed by atoms with Crippen molar-refractivity contribution in [2.24, 2.45) is 0 Å². The molecule has 19 heavy (non-hydrogen) atoms. The van der Waals surface area contributed by atoms with E-state index in [1.807, 2.05) is 18.2 Å². The quantitative estimate of drug-likeness (QED) is 0.694. The van der Waals surface area contributed by atoms with Crippen LogP contribution in [0, 0.1) is 0 Å². The normalized spacial score (nSPS) is 11.3. The standard InChI is InChI=1S/C12H10Cl2N4O/c13-6-12-16-9-5-8(14)1-2-10(9)18(12)4-3-11-15-7-19-17-11/h1-2,5,7H,3-4,6H2. The lowest BCUT2D eigenvalue weighted by molar-refractivity contribution is 0.408. The Morgan fingerprint density at radius 1 is 1.32 bits per heavy atom. The molecule has 0 aliphatic rings. The van der Waals surface area contributed by atoms with E-state index < -0.39 is 0 Å². The van der Waals surface area contributed by atoms with Crippen molar-refractivity contribution in [3.63, 3.8) is 0 Å². The van der Waals surface area contributed by atoms with E-state index in [0.717, 1.165) is 16.9 Å². The fourth-order valence-electron chi connectivity index (χ4n) is 2.02. The van der Waals surface area contributed by atoms with Crippen molar-refractivity contribution in [3.8, 4) is 0 Å². The van der Waals surface area contributed by atoms with Crippen LogP contribution in [0.1, 0.15) is 11.6 Å². The second-order valence-electron chi connectivity index (χ2n) is 4.04. The Labute approximate surface area is 119 Å². The van der Waals surface area contributed by atoms with Gasteiger partial charge in [-0.1, -0.05) is 16.8 Å². The summed E-state index contributed by atoms with van der Waals surface area (Å²) in [4.78, 5) is 8.47. The summed E-state index contributed by atoms with van der Waals surface area (Å²) < 4.78 is 6.77. The zero-order chi connectivity index (χ0) is 13.2. The average molecular weight is 297 g/mol. The van der Waals surface area contributed by atoms with Gasteiger partial charge in [0.2, 0.25) is 6.39 Å². The van der Waals surface area contributed by atoms with Crippen LogP contribution < -0.4 is 0 Å². The first-order valence-corrected chi connectivity index (χ1v) is 6.65.